The fourth-order valence-electron chi connectivity index (χ4n) is 7.02. The molecule has 2 aromatic carbocycles. The monoisotopic (exact) mass is 418 g/mol. The van der Waals surface area contributed by atoms with E-state index in [0.29, 0.717) is 18.6 Å². The first-order valence-corrected chi connectivity index (χ1v) is 11.0. The summed E-state index contributed by atoms with van der Waals surface area (Å²) in [6.07, 6.45) is 3.82. The molecule has 1 spiro atoms. The van der Waals surface area contributed by atoms with Crippen LogP contribution in [0.25, 0.3) is 0 Å². The van der Waals surface area contributed by atoms with E-state index in [1.54, 1.807) is 0 Å². The summed E-state index contributed by atoms with van der Waals surface area (Å²) < 4.78 is 6.57. The summed E-state index contributed by atoms with van der Waals surface area (Å²) in [5.74, 6) is 0.584. The molecule has 4 aliphatic rings. The summed E-state index contributed by atoms with van der Waals surface area (Å²) in [5.41, 5.74) is 3.30. The van der Waals surface area contributed by atoms with Gasteiger partial charge in [-0.05, 0) is 37.3 Å². The summed E-state index contributed by atoms with van der Waals surface area (Å²) in [4.78, 5) is 2.42. The Morgan fingerprint density at radius 2 is 2.00 bits per heavy atom. The lowest BCUT2D eigenvalue weighted by molar-refractivity contribution is -0.0314. The maximum absolute atomic E-state index is 10.8. The van der Waals surface area contributed by atoms with Crippen LogP contribution in [0.1, 0.15) is 35.4 Å². The lowest BCUT2D eigenvalue weighted by Gasteiger charge is -2.59. The van der Waals surface area contributed by atoms with E-state index in [0.717, 1.165) is 41.9 Å². The lowest BCUT2D eigenvalue weighted by Crippen LogP contribution is -2.67. The Morgan fingerprint density at radius 1 is 1.19 bits per heavy atom. The molecule has 3 N–H and O–H groups in total. The van der Waals surface area contributed by atoms with Crippen molar-refractivity contribution >= 4 is 5.71 Å². The van der Waals surface area contributed by atoms with Crippen LogP contribution in [0.3, 0.4) is 0 Å². The Hall–Kier alpha value is -2.99. The largest absolute Gasteiger partial charge is 0.508 e. The number of oxime groups is 1. The molecule has 6 nitrogen and oxygen atoms in total. The van der Waals surface area contributed by atoms with Gasteiger partial charge in [-0.1, -0.05) is 41.6 Å². The highest BCUT2D eigenvalue weighted by atomic mass is 16.5. The molecular weight excluding hydrogens is 392 g/mol. The van der Waals surface area contributed by atoms with Gasteiger partial charge in [0, 0.05) is 35.2 Å². The molecule has 0 radical (unpaired) electrons. The Labute approximate surface area is 181 Å². The number of hydrogen-bond acceptors (Lipinski definition) is 6. The summed E-state index contributed by atoms with van der Waals surface area (Å²) in [6, 6.07) is 11.6. The number of ether oxygens (including phenoxy) is 1. The summed E-state index contributed by atoms with van der Waals surface area (Å²) >= 11 is 0. The number of nitrogens with zero attached hydrogens (tertiary/aromatic N) is 2. The number of aromatic hydroxyl groups is 2. The predicted octanol–water partition coefficient (Wildman–Crippen LogP) is 3.55. The van der Waals surface area contributed by atoms with Gasteiger partial charge >= 0.3 is 0 Å². The molecule has 0 amide bonds. The molecule has 6 heteroatoms. The molecule has 2 aromatic rings. The van der Waals surface area contributed by atoms with Crippen molar-refractivity contribution in [3.63, 3.8) is 0 Å². The van der Waals surface area contributed by atoms with E-state index in [4.69, 9.17) is 4.74 Å². The van der Waals surface area contributed by atoms with E-state index >= 15 is 0 Å². The van der Waals surface area contributed by atoms with Crippen molar-refractivity contribution in [1.82, 2.24) is 4.90 Å². The van der Waals surface area contributed by atoms with Crippen LogP contribution in [0.15, 0.2) is 54.2 Å². The van der Waals surface area contributed by atoms with Crippen LogP contribution < -0.4 is 4.74 Å². The molecule has 1 saturated heterocycles. The van der Waals surface area contributed by atoms with Gasteiger partial charge in [-0.25, -0.2) is 0 Å². The van der Waals surface area contributed by atoms with Crippen LogP contribution in [0.4, 0.5) is 0 Å². The fraction of sp³-hybridized carbons (Fsp3) is 0.400. The molecule has 2 fully saturated rings. The first-order valence-electron chi connectivity index (χ1n) is 11.0. The van der Waals surface area contributed by atoms with Gasteiger partial charge in [0.05, 0.1) is 11.6 Å². The molecule has 0 aromatic heterocycles. The maximum atomic E-state index is 10.8. The average molecular weight is 418 g/mol. The third-order valence-electron chi connectivity index (χ3n) is 8.12. The van der Waals surface area contributed by atoms with Gasteiger partial charge in [-0.3, -0.25) is 4.90 Å². The van der Waals surface area contributed by atoms with E-state index in [9.17, 15) is 15.4 Å². The number of rotatable bonds is 3. The van der Waals surface area contributed by atoms with Crippen molar-refractivity contribution in [2.24, 2.45) is 11.1 Å². The van der Waals surface area contributed by atoms with Crippen molar-refractivity contribution in [3.05, 3.63) is 65.7 Å². The van der Waals surface area contributed by atoms with Gasteiger partial charge in [0.1, 0.15) is 11.9 Å². The molecule has 1 saturated carbocycles. The number of piperidine rings is 1. The van der Waals surface area contributed by atoms with E-state index in [2.05, 4.69) is 16.6 Å². The molecule has 5 atom stereocenters. The van der Waals surface area contributed by atoms with Crippen molar-refractivity contribution in [2.45, 2.75) is 42.7 Å². The second-order valence-corrected chi connectivity index (χ2v) is 9.27. The van der Waals surface area contributed by atoms with Crippen molar-refractivity contribution in [2.75, 3.05) is 13.1 Å². The number of phenolic OH excluding ortho intramolecular Hbond substituents is 2. The fourth-order valence-corrected chi connectivity index (χ4v) is 7.02. The van der Waals surface area contributed by atoms with Crippen molar-refractivity contribution in [3.8, 4) is 17.2 Å². The molecule has 2 aliphatic heterocycles. The highest BCUT2D eigenvalue weighted by Gasteiger charge is 2.67. The zero-order valence-corrected chi connectivity index (χ0v) is 17.2. The van der Waals surface area contributed by atoms with E-state index in [1.807, 2.05) is 36.4 Å². The average Bonchev–Trinajstić information content (AvgIpc) is 3.12. The highest BCUT2D eigenvalue weighted by molar-refractivity contribution is 5.94. The summed E-state index contributed by atoms with van der Waals surface area (Å²) in [5, 5.41) is 35.3. The van der Waals surface area contributed by atoms with Crippen LogP contribution in [0, 0.1) is 5.92 Å². The van der Waals surface area contributed by atoms with Gasteiger partial charge in [0.2, 0.25) is 0 Å². The van der Waals surface area contributed by atoms with Crippen LogP contribution in [0.2, 0.25) is 0 Å². The highest BCUT2D eigenvalue weighted by Crippen LogP contribution is 2.66. The summed E-state index contributed by atoms with van der Waals surface area (Å²) in [7, 11) is 0. The van der Waals surface area contributed by atoms with Crippen molar-refractivity contribution < 1.29 is 20.2 Å². The minimum atomic E-state index is -0.337. The van der Waals surface area contributed by atoms with Gasteiger partial charge in [0.15, 0.2) is 11.5 Å². The Balaban J connectivity index is 1.61. The Bertz CT molecular complexity index is 1100. The van der Waals surface area contributed by atoms with E-state index < -0.39 is 0 Å². The molecule has 2 heterocycles. The third kappa shape index (κ3) is 2.28. The molecular formula is C25H26N2O4. The SMILES string of the molecule is C=CCN1CC[C@]23c4c5c(O)cc(O)c4O[C@H]2C(c2ccccc2)C(=NO)C[C@H]3[C@H]1C5. The molecule has 31 heavy (non-hydrogen) atoms. The minimum Gasteiger partial charge on any atom is -0.508 e. The first kappa shape index (κ1) is 18.8. The molecule has 160 valence electrons. The van der Waals surface area contributed by atoms with Gasteiger partial charge < -0.3 is 20.2 Å². The van der Waals surface area contributed by atoms with Gasteiger partial charge in [0.25, 0.3) is 0 Å². The van der Waals surface area contributed by atoms with E-state index in [-0.39, 0.29) is 40.9 Å². The molecule has 6 rings (SSSR count). The Morgan fingerprint density at radius 3 is 2.74 bits per heavy atom. The van der Waals surface area contributed by atoms with Crippen LogP contribution in [-0.4, -0.2) is 51.3 Å². The first-order chi connectivity index (χ1) is 15.1. The van der Waals surface area contributed by atoms with Crippen LogP contribution in [0.5, 0.6) is 17.2 Å². The topological polar surface area (TPSA) is 85.5 Å². The number of phenols is 2. The smallest absolute Gasteiger partial charge is 0.165 e. The predicted molar refractivity (Wildman–Crippen MR) is 116 cm³/mol. The lowest BCUT2D eigenvalue weighted by atomic mass is 9.49. The number of hydrogen-bond donors (Lipinski definition) is 3. The second kappa shape index (κ2) is 6.50. The maximum Gasteiger partial charge on any atom is 0.165 e. The van der Waals surface area contributed by atoms with Gasteiger partial charge in [-0.2, -0.15) is 0 Å². The zero-order valence-electron chi connectivity index (χ0n) is 17.2. The third-order valence-corrected chi connectivity index (χ3v) is 8.12. The number of benzene rings is 2. The van der Waals surface area contributed by atoms with Crippen LogP contribution >= 0.6 is 0 Å². The van der Waals surface area contributed by atoms with Crippen LogP contribution in [-0.2, 0) is 11.8 Å². The Kier molecular flexibility index (Phi) is 3.93. The van der Waals surface area contributed by atoms with Crippen molar-refractivity contribution in [1.29, 1.82) is 0 Å². The zero-order chi connectivity index (χ0) is 21.3. The van der Waals surface area contributed by atoms with Gasteiger partial charge in [-0.15, -0.1) is 6.58 Å². The molecule has 1 unspecified atom stereocenters. The van der Waals surface area contributed by atoms with E-state index in [1.165, 1.54) is 6.07 Å². The second-order valence-electron chi connectivity index (χ2n) is 9.27. The standard InChI is InChI=1S/C25H26N2O4/c1-2-9-27-10-8-25-16-12-17(26-30)21(14-6-4-3-5-7-14)24(25)31-23-20(29)13-19(28)15(22(23)25)11-18(16)27/h2-7,13,16,18,21,24,28-30H,1,8-12H2/t16-,18+,21?,24-,25-/m0/s1. The minimum absolute atomic E-state index is 0.0138. The molecule has 2 bridgehead atoms. The normalized spacial score (nSPS) is 34.3. The summed E-state index contributed by atoms with van der Waals surface area (Å²) in [6.45, 7) is 5.61. The molecule has 2 aliphatic carbocycles. The number of likely N-dealkylation sites (tertiary alicyclic amines) is 1. The quantitative estimate of drug-likeness (QED) is 0.403.